The molecular formula is C15H19N3O4S. The Bertz CT molecular complexity index is 807. The van der Waals surface area contributed by atoms with Crippen LogP contribution >= 0.6 is 0 Å². The van der Waals surface area contributed by atoms with Crippen LogP contribution < -0.4 is 9.62 Å². The van der Waals surface area contributed by atoms with Crippen molar-refractivity contribution in [2.75, 3.05) is 22.4 Å². The van der Waals surface area contributed by atoms with Crippen molar-refractivity contribution >= 4 is 27.4 Å². The summed E-state index contributed by atoms with van der Waals surface area (Å²) in [6.45, 7) is 5.11. The van der Waals surface area contributed by atoms with Crippen LogP contribution in [0, 0.1) is 20.8 Å². The molecule has 2 rings (SSSR count). The third-order valence-corrected chi connectivity index (χ3v) is 4.18. The second-order valence-electron chi connectivity index (χ2n) is 5.49. The molecule has 0 saturated carbocycles. The van der Waals surface area contributed by atoms with Crippen molar-refractivity contribution in [2.45, 2.75) is 20.8 Å². The average molecular weight is 337 g/mol. The summed E-state index contributed by atoms with van der Waals surface area (Å²) >= 11 is 0. The lowest BCUT2D eigenvalue weighted by molar-refractivity contribution is -0.114. The molecule has 7 nitrogen and oxygen atoms in total. The number of amides is 1. The molecule has 1 aromatic carbocycles. The molecule has 0 aliphatic carbocycles. The summed E-state index contributed by atoms with van der Waals surface area (Å²) in [5, 5.41) is 6.36. The quantitative estimate of drug-likeness (QED) is 0.901. The zero-order valence-electron chi connectivity index (χ0n) is 13.5. The lowest BCUT2D eigenvalue weighted by atomic mass is 10.1. The molecule has 0 radical (unpaired) electrons. The van der Waals surface area contributed by atoms with E-state index in [0.717, 1.165) is 21.7 Å². The molecule has 0 aliphatic heterocycles. The number of benzene rings is 1. The van der Waals surface area contributed by atoms with E-state index in [0.29, 0.717) is 11.4 Å². The second-order valence-corrected chi connectivity index (χ2v) is 7.40. The smallest absolute Gasteiger partial charge is 0.245 e. The molecule has 1 N–H and O–H groups in total. The lowest BCUT2D eigenvalue weighted by Crippen LogP contribution is -2.37. The van der Waals surface area contributed by atoms with E-state index in [1.807, 2.05) is 32.0 Å². The number of anilines is 2. The zero-order chi connectivity index (χ0) is 17.2. The Morgan fingerprint density at radius 3 is 2.26 bits per heavy atom. The first-order chi connectivity index (χ1) is 10.6. The minimum Gasteiger partial charge on any atom is -0.360 e. The van der Waals surface area contributed by atoms with E-state index in [-0.39, 0.29) is 12.4 Å². The molecule has 124 valence electrons. The van der Waals surface area contributed by atoms with Crippen LogP contribution in [0.25, 0.3) is 0 Å². The molecule has 0 fully saturated rings. The van der Waals surface area contributed by atoms with Crippen LogP contribution in [0.1, 0.15) is 16.9 Å². The molecule has 0 atom stereocenters. The summed E-state index contributed by atoms with van der Waals surface area (Å²) in [5.41, 5.74) is 2.64. The van der Waals surface area contributed by atoms with Crippen molar-refractivity contribution in [3.63, 3.8) is 0 Å². The number of sulfonamides is 1. The Kier molecular flexibility index (Phi) is 4.74. The highest BCUT2D eigenvalue weighted by Gasteiger charge is 2.23. The second kappa shape index (κ2) is 6.41. The highest BCUT2D eigenvalue weighted by Crippen LogP contribution is 2.18. The maximum absolute atomic E-state index is 12.2. The normalized spacial score (nSPS) is 11.3. The Labute approximate surface area is 135 Å². The number of rotatable bonds is 5. The summed E-state index contributed by atoms with van der Waals surface area (Å²) in [4.78, 5) is 12.2. The molecule has 1 amide bonds. The number of aromatic nitrogens is 1. The van der Waals surface area contributed by atoms with Gasteiger partial charge in [0.15, 0.2) is 5.82 Å². The molecular weight excluding hydrogens is 318 g/mol. The van der Waals surface area contributed by atoms with Gasteiger partial charge in [-0.15, -0.1) is 0 Å². The Balaban J connectivity index is 2.18. The molecule has 2 aromatic rings. The van der Waals surface area contributed by atoms with Crippen molar-refractivity contribution in [2.24, 2.45) is 0 Å². The van der Waals surface area contributed by atoms with Crippen molar-refractivity contribution in [3.8, 4) is 0 Å². The third kappa shape index (κ3) is 4.56. The van der Waals surface area contributed by atoms with Crippen LogP contribution in [0.5, 0.6) is 0 Å². The van der Waals surface area contributed by atoms with E-state index in [2.05, 4.69) is 10.5 Å². The van der Waals surface area contributed by atoms with Crippen LogP contribution in [0.15, 0.2) is 28.8 Å². The van der Waals surface area contributed by atoms with Gasteiger partial charge in [-0.2, -0.15) is 0 Å². The van der Waals surface area contributed by atoms with Crippen molar-refractivity contribution in [1.82, 2.24) is 5.16 Å². The van der Waals surface area contributed by atoms with Gasteiger partial charge >= 0.3 is 0 Å². The Morgan fingerprint density at radius 1 is 1.17 bits per heavy atom. The third-order valence-electron chi connectivity index (χ3n) is 3.06. The maximum atomic E-state index is 12.2. The van der Waals surface area contributed by atoms with E-state index in [9.17, 15) is 13.2 Å². The van der Waals surface area contributed by atoms with Gasteiger partial charge in [0.2, 0.25) is 15.9 Å². The zero-order valence-corrected chi connectivity index (χ0v) is 14.3. The van der Waals surface area contributed by atoms with Crippen molar-refractivity contribution in [1.29, 1.82) is 0 Å². The van der Waals surface area contributed by atoms with Gasteiger partial charge in [0.25, 0.3) is 0 Å². The number of hydrogen-bond acceptors (Lipinski definition) is 5. The van der Waals surface area contributed by atoms with Gasteiger partial charge in [0.05, 0.1) is 6.26 Å². The number of aryl methyl sites for hydroxylation is 3. The van der Waals surface area contributed by atoms with Gasteiger partial charge in [-0.25, -0.2) is 12.7 Å². The summed E-state index contributed by atoms with van der Waals surface area (Å²) in [5.74, 6) is 0.0880. The van der Waals surface area contributed by atoms with Crippen LogP contribution in [0.2, 0.25) is 0 Å². The fourth-order valence-corrected chi connectivity index (χ4v) is 2.99. The number of carbonyl (C=O) groups is 1. The summed E-state index contributed by atoms with van der Waals surface area (Å²) in [6, 6.07) is 7.08. The van der Waals surface area contributed by atoms with Gasteiger partial charge in [-0.3, -0.25) is 4.79 Å². The molecule has 1 aromatic heterocycles. The van der Waals surface area contributed by atoms with Crippen LogP contribution in [0.4, 0.5) is 11.5 Å². The number of carbonyl (C=O) groups excluding carboxylic acids is 1. The first-order valence-corrected chi connectivity index (χ1v) is 8.79. The molecule has 0 saturated heterocycles. The highest BCUT2D eigenvalue weighted by molar-refractivity contribution is 7.92. The molecule has 1 heterocycles. The predicted molar refractivity (Wildman–Crippen MR) is 88.0 cm³/mol. The first kappa shape index (κ1) is 17.0. The largest absolute Gasteiger partial charge is 0.360 e. The molecule has 0 bridgehead atoms. The number of nitrogens with zero attached hydrogens (tertiary/aromatic N) is 2. The van der Waals surface area contributed by atoms with Crippen LogP contribution in [-0.4, -0.2) is 32.3 Å². The lowest BCUT2D eigenvalue weighted by Gasteiger charge is -2.18. The summed E-state index contributed by atoms with van der Waals surface area (Å²) in [7, 11) is -3.66. The molecule has 23 heavy (non-hydrogen) atoms. The fraction of sp³-hybridized carbons (Fsp3) is 0.333. The fourth-order valence-electron chi connectivity index (χ4n) is 2.22. The van der Waals surface area contributed by atoms with Crippen LogP contribution in [-0.2, 0) is 14.8 Å². The maximum Gasteiger partial charge on any atom is 0.245 e. The Morgan fingerprint density at radius 2 is 1.78 bits per heavy atom. The van der Waals surface area contributed by atoms with Crippen molar-refractivity contribution in [3.05, 3.63) is 41.2 Å². The number of hydrogen-bond donors (Lipinski definition) is 1. The van der Waals surface area contributed by atoms with E-state index in [1.54, 1.807) is 6.92 Å². The molecule has 0 unspecified atom stereocenters. The molecule has 8 heteroatoms. The molecule has 0 aliphatic rings. The summed E-state index contributed by atoms with van der Waals surface area (Å²) in [6.07, 6.45) is 1.01. The van der Waals surface area contributed by atoms with Gasteiger partial charge in [0.1, 0.15) is 12.3 Å². The average Bonchev–Trinajstić information content (AvgIpc) is 2.79. The number of nitrogens with one attached hydrogen (secondary N) is 1. The van der Waals surface area contributed by atoms with Gasteiger partial charge in [0, 0.05) is 11.8 Å². The SMILES string of the molecule is Cc1cc(C)cc(NC(=O)CN(c2cc(C)on2)S(C)(=O)=O)c1. The van der Waals surface area contributed by atoms with Gasteiger partial charge in [-0.1, -0.05) is 11.2 Å². The topological polar surface area (TPSA) is 92.5 Å². The van der Waals surface area contributed by atoms with Crippen LogP contribution in [0.3, 0.4) is 0 Å². The monoisotopic (exact) mass is 337 g/mol. The summed E-state index contributed by atoms with van der Waals surface area (Å²) < 4.78 is 29.6. The van der Waals surface area contributed by atoms with E-state index >= 15 is 0 Å². The predicted octanol–water partition coefficient (Wildman–Crippen LogP) is 2.00. The van der Waals surface area contributed by atoms with E-state index in [4.69, 9.17) is 4.52 Å². The van der Waals surface area contributed by atoms with Crippen molar-refractivity contribution < 1.29 is 17.7 Å². The van der Waals surface area contributed by atoms with E-state index < -0.39 is 15.9 Å². The molecule has 0 spiro atoms. The standard InChI is InChI=1S/C15H19N3O4S/c1-10-5-11(2)7-13(6-10)16-15(19)9-18(23(4,20)21)14-8-12(3)22-17-14/h5-8H,9H2,1-4H3,(H,16,19). The van der Waals surface area contributed by atoms with Gasteiger partial charge in [-0.05, 0) is 44.0 Å². The first-order valence-electron chi connectivity index (χ1n) is 6.94. The van der Waals surface area contributed by atoms with Gasteiger partial charge < -0.3 is 9.84 Å². The van der Waals surface area contributed by atoms with E-state index in [1.165, 1.54) is 6.07 Å². The minimum atomic E-state index is -3.66. The highest BCUT2D eigenvalue weighted by atomic mass is 32.2. The Hall–Kier alpha value is -2.35. The minimum absolute atomic E-state index is 0.0839.